The summed E-state index contributed by atoms with van der Waals surface area (Å²) in [6.45, 7) is 3.97. The predicted molar refractivity (Wildman–Crippen MR) is 77.6 cm³/mol. The SMILES string of the molecule is CNC(c1cccc(OC)c1F)c1ncc(C)cc1C. The molecule has 0 saturated carbocycles. The Bertz CT molecular complexity index is 613. The molecule has 0 spiro atoms. The highest BCUT2D eigenvalue weighted by atomic mass is 19.1. The lowest BCUT2D eigenvalue weighted by molar-refractivity contribution is 0.382. The molecular formula is C16H19FN2O. The van der Waals surface area contributed by atoms with Gasteiger partial charge in [0, 0.05) is 11.8 Å². The number of ether oxygens (including phenoxy) is 1. The van der Waals surface area contributed by atoms with Crippen molar-refractivity contribution in [3.05, 3.63) is 58.7 Å². The van der Waals surface area contributed by atoms with E-state index in [1.807, 2.05) is 19.9 Å². The average Bonchev–Trinajstić information content (AvgIpc) is 2.43. The number of aryl methyl sites for hydroxylation is 2. The van der Waals surface area contributed by atoms with Crippen molar-refractivity contribution in [1.82, 2.24) is 10.3 Å². The van der Waals surface area contributed by atoms with Crippen LogP contribution in [0.4, 0.5) is 4.39 Å². The van der Waals surface area contributed by atoms with Crippen LogP contribution in [0.5, 0.6) is 5.75 Å². The third kappa shape index (κ3) is 2.65. The zero-order valence-corrected chi connectivity index (χ0v) is 12.2. The molecule has 1 aromatic heterocycles. The normalized spacial score (nSPS) is 12.2. The van der Waals surface area contributed by atoms with Crippen molar-refractivity contribution in [3.8, 4) is 5.75 Å². The van der Waals surface area contributed by atoms with Gasteiger partial charge in [0.05, 0.1) is 18.8 Å². The van der Waals surface area contributed by atoms with Crippen LogP contribution in [0.1, 0.15) is 28.4 Å². The zero-order chi connectivity index (χ0) is 14.7. The molecule has 2 aromatic rings. The first kappa shape index (κ1) is 14.5. The maximum Gasteiger partial charge on any atom is 0.170 e. The van der Waals surface area contributed by atoms with Crippen LogP contribution in [-0.2, 0) is 0 Å². The Labute approximate surface area is 118 Å². The Morgan fingerprint density at radius 1 is 1.30 bits per heavy atom. The van der Waals surface area contributed by atoms with Gasteiger partial charge in [-0.25, -0.2) is 4.39 Å². The minimum absolute atomic E-state index is 0.243. The van der Waals surface area contributed by atoms with Crippen LogP contribution in [0.2, 0.25) is 0 Å². The summed E-state index contributed by atoms with van der Waals surface area (Å²) in [6, 6.07) is 6.89. The number of halogens is 1. The number of aromatic nitrogens is 1. The van der Waals surface area contributed by atoms with Gasteiger partial charge in [-0.15, -0.1) is 0 Å². The molecular weight excluding hydrogens is 255 g/mol. The number of nitrogens with zero attached hydrogens (tertiary/aromatic N) is 1. The number of hydrogen-bond acceptors (Lipinski definition) is 3. The summed E-state index contributed by atoms with van der Waals surface area (Å²) in [5.74, 6) is -0.108. The number of benzene rings is 1. The van der Waals surface area contributed by atoms with E-state index in [9.17, 15) is 4.39 Å². The summed E-state index contributed by atoms with van der Waals surface area (Å²) in [6.07, 6.45) is 1.80. The molecule has 1 aromatic carbocycles. The van der Waals surface area contributed by atoms with Crippen molar-refractivity contribution in [2.24, 2.45) is 0 Å². The second-order valence-electron chi connectivity index (χ2n) is 4.80. The standard InChI is InChI=1S/C16H19FN2O/c1-10-8-11(2)15(19-9-10)16(18-3)12-6-5-7-13(20-4)14(12)17/h5-9,16,18H,1-4H3. The van der Waals surface area contributed by atoms with Gasteiger partial charge in [0.15, 0.2) is 11.6 Å². The second kappa shape index (κ2) is 6.01. The van der Waals surface area contributed by atoms with E-state index in [0.29, 0.717) is 5.56 Å². The third-order valence-corrected chi connectivity index (χ3v) is 3.34. The van der Waals surface area contributed by atoms with Crippen molar-refractivity contribution < 1.29 is 9.13 Å². The molecule has 2 rings (SSSR count). The summed E-state index contributed by atoms with van der Waals surface area (Å²) in [5, 5.41) is 3.13. The van der Waals surface area contributed by atoms with Gasteiger partial charge >= 0.3 is 0 Å². The Morgan fingerprint density at radius 2 is 2.05 bits per heavy atom. The molecule has 1 N–H and O–H groups in total. The van der Waals surface area contributed by atoms with E-state index in [2.05, 4.69) is 10.3 Å². The average molecular weight is 274 g/mol. The Balaban J connectivity index is 2.52. The van der Waals surface area contributed by atoms with E-state index in [-0.39, 0.29) is 17.6 Å². The molecule has 3 nitrogen and oxygen atoms in total. The first-order valence-corrected chi connectivity index (χ1v) is 6.51. The molecule has 0 fully saturated rings. The first-order valence-electron chi connectivity index (χ1n) is 6.51. The van der Waals surface area contributed by atoms with Crippen LogP contribution in [0, 0.1) is 19.7 Å². The lowest BCUT2D eigenvalue weighted by Crippen LogP contribution is -2.21. The summed E-state index contributed by atoms with van der Waals surface area (Å²) in [7, 11) is 3.26. The van der Waals surface area contributed by atoms with Gasteiger partial charge in [0.1, 0.15) is 0 Å². The number of nitrogens with one attached hydrogen (secondary N) is 1. The van der Waals surface area contributed by atoms with E-state index in [0.717, 1.165) is 16.8 Å². The van der Waals surface area contributed by atoms with E-state index < -0.39 is 0 Å². The highest BCUT2D eigenvalue weighted by Gasteiger charge is 2.21. The molecule has 0 saturated heterocycles. The summed E-state index contributed by atoms with van der Waals surface area (Å²) in [5.41, 5.74) is 3.48. The van der Waals surface area contributed by atoms with Crippen LogP contribution in [-0.4, -0.2) is 19.1 Å². The molecule has 1 heterocycles. The van der Waals surface area contributed by atoms with Gasteiger partial charge in [-0.3, -0.25) is 4.98 Å². The van der Waals surface area contributed by atoms with Crippen LogP contribution >= 0.6 is 0 Å². The van der Waals surface area contributed by atoms with Crippen molar-refractivity contribution in [2.45, 2.75) is 19.9 Å². The van der Waals surface area contributed by atoms with E-state index in [1.54, 1.807) is 31.4 Å². The quantitative estimate of drug-likeness (QED) is 0.930. The molecule has 0 radical (unpaired) electrons. The molecule has 0 aliphatic heterocycles. The highest BCUT2D eigenvalue weighted by Crippen LogP contribution is 2.29. The van der Waals surface area contributed by atoms with Crippen LogP contribution in [0.15, 0.2) is 30.5 Å². The summed E-state index contributed by atoms with van der Waals surface area (Å²) in [4.78, 5) is 4.45. The predicted octanol–water partition coefficient (Wildman–Crippen LogP) is 3.15. The van der Waals surface area contributed by atoms with Crippen molar-refractivity contribution in [3.63, 3.8) is 0 Å². The molecule has 1 unspecified atom stereocenters. The lowest BCUT2D eigenvalue weighted by atomic mass is 9.98. The number of rotatable bonds is 4. The van der Waals surface area contributed by atoms with Gasteiger partial charge in [-0.05, 0) is 38.1 Å². The van der Waals surface area contributed by atoms with Gasteiger partial charge in [-0.2, -0.15) is 0 Å². The zero-order valence-electron chi connectivity index (χ0n) is 12.2. The fourth-order valence-electron chi connectivity index (χ4n) is 2.38. The van der Waals surface area contributed by atoms with Crippen LogP contribution < -0.4 is 10.1 Å². The van der Waals surface area contributed by atoms with Crippen LogP contribution in [0.3, 0.4) is 0 Å². The van der Waals surface area contributed by atoms with Gasteiger partial charge in [0.2, 0.25) is 0 Å². The Hall–Kier alpha value is -1.94. The van der Waals surface area contributed by atoms with Crippen molar-refractivity contribution in [1.29, 1.82) is 0 Å². The maximum absolute atomic E-state index is 14.4. The highest BCUT2D eigenvalue weighted by molar-refractivity contribution is 5.39. The molecule has 4 heteroatoms. The van der Waals surface area contributed by atoms with Crippen molar-refractivity contribution in [2.75, 3.05) is 14.2 Å². The number of pyridine rings is 1. The smallest absolute Gasteiger partial charge is 0.170 e. The maximum atomic E-state index is 14.4. The monoisotopic (exact) mass is 274 g/mol. The molecule has 20 heavy (non-hydrogen) atoms. The largest absolute Gasteiger partial charge is 0.494 e. The summed E-state index contributed by atoms with van der Waals surface area (Å²) < 4.78 is 19.5. The van der Waals surface area contributed by atoms with Gasteiger partial charge in [0.25, 0.3) is 0 Å². The minimum Gasteiger partial charge on any atom is -0.494 e. The molecule has 106 valence electrons. The Kier molecular flexibility index (Phi) is 4.35. The summed E-state index contributed by atoms with van der Waals surface area (Å²) >= 11 is 0. The first-order chi connectivity index (χ1) is 9.58. The lowest BCUT2D eigenvalue weighted by Gasteiger charge is -2.20. The Morgan fingerprint density at radius 3 is 2.65 bits per heavy atom. The molecule has 0 bridgehead atoms. The van der Waals surface area contributed by atoms with Gasteiger partial charge < -0.3 is 10.1 Å². The topological polar surface area (TPSA) is 34.1 Å². The second-order valence-corrected chi connectivity index (χ2v) is 4.80. The minimum atomic E-state index is -0.351. The fraction of sp³-hybridized carbons (Fsp3) is 0.312. The fourth-order valence-corrected chi connectivity index (χ4v) is 2.38. The molecule has 0 amide bonds. The van der Waals surface area contributed by atoms with Crippen LogP contribution in [0.25, 0.3) is 0 Å². The van der Waals surface area contributed by atoms with E-state index in [4.69, 9.17) is 4.74 Å². The molecule has 0 aliphatic carbocycles. The molecule has 1 atom stereocenters. The van der Waals surface area contributed by atoms with Gasteiger partial charge in [-0.1, -0.05) is 18.2 Å². The van der Waals surface area contributed by atoms with E-state index in [1.165, 1.54) is 7.11 Å². The third-order valence-electron chi connectivity index (χ3n) is 3.34. The number of methoxy groups -OCH3 is 1. The molecule has 0 aliphatic rings. The van der Waals surface area contributed by atoms with E-state index >= 15 is 0 Å². The van der Waals surface area contributed by atoms with Crippen molar-refractivity contribution >= 4 is 0 Å². The number of hydrogen-bond donors (Lipinski definition) is 1.